The molecule has 2 unspecified atom stereocenters. The number of amides is 1. The van der Waals surface area contributed by atoms with Crippen LogP contribution >= 0.6 is 0 Å². The number of halogens is 2. The molecule has 0 bridgehead atoms. The predicted molar refractivity (Wildman–Crippen MR) is 70.8 cm³/mol. The molecule has 6 heteroatoms. The minimum atomic E-state index is -2.95. The largest absolute Gasteiger partial charge is 0.434 e. The van der Waals surface area contributed by atoms with Crippen LogP contribution in [0.5, 0.6) is 5.75 Å². The Bertz CT molecular complexity index is 482. The first kappa shape index (κ1) is 14.7. The van der Waals surface area contributed by atoms with Gasteiger partial charge in [0.25, 0.3) is 5.91 Å². The first-order valence-electron chi connectivity index (χ1n) is 6.59. The van der Waals surface area contributed by atoms with Crippen LogP contribution in [0.2, 0.25) is 0 Å². The number of ether oxygens (including phenoxy) is 1. The van der Waals surface area contributed by atoms with Gasteiger partial charge in [0.1, 0.15) is 5.75 Å². The van der Waals surface area contributed by atoms with Crippen LogP contribution in [-0.4, -0.2) is 36.0 Å². The second-order valence-corrected chi connectivity index (χ2v) is 5.01. The maximum absolute atomic E-state index is 12.5. The predicted octanol–water partition coefficient (Wildman–Crippen LogP) is 2.24. The van der Waals surface area contributed by atoms with E-state index in [2.05, 4.69) is 4.74 Å². The Balaban J connectivity index is 2.20. The summed E-state index contributed by atoms with van der Waals surface area (Å²) in [5, 5.41) is 0. The van der Waals surface area contributed by atoms with Crippen LogP contribution in [-0.2, 0) is 0 Å². The SMILES string of the molecule is CC1CC(N)CCN1C(=O)c1ccccc1OC(F)F. The summed E-state index contributed by atoms with van der Waals surface area (Å²) in [4.78, 5) is 14.1. The lowest BCUT2D eigenvalue weighted by Gasteiger charge is -2.36. The van der Waals surface area contributed by atoms with Gasteiger partial charge in [-0.2, -0.15) is 8.78 Å². The number of rotatable bonds is 3. The van der Waals surface area contributed by atoms with Gasteiger partial charge in [-0.1, -0.05) is 12.1 Å². The van der Waals surface area contributed by atoms with Gasteiger partial charge in [-0.3, -0.25) is 4.79 Å². The molecule has 1 aliphatic rings. The van der Waals surface area contributed by atoms with Gasteiger partial charge in [0, 0.05) is 18.6 Å². The molecule has 0 spiro atoms. The number of piperidine rings is 1. The van der Waals surface area contributed by atoms with Crippen LogP contribution in [0.25, 0.3) is 0 Å². The van der Waals surface area contributed by atoms with E-state index in [0.717, 1.165) is 0 Å². The summed E-state index contributed by atoms with van der Waals surface area (Å²) < 4.78 is 29.1. The molecule has 2 N–H and O–H groups in total. The molecule has 2 rings (SSSR count). The quantitative estimate of drug-likeness (QED) is 0.926. The molecule has 110 valence electrons. The summed E-state index contributed by atoms with van der Waals surface area (Å²) in [6.45, 7) is -0.506. The van der Waals surface area contributed by atoms with E-state index < -0.39 is 6.61 Å². The number of likely N-dealkylation sites (tertiary alicyclic amines) is 1. The second kappa shape index (κ2) is 6.17. The van der Waals surface area contributed by atoms with Crippen molar-refractivity contribution in [3.8, 4) is 5.75 Å². The van der Waals surface area contributed by atoms with Crippen LogP contribution in [0.1, 0.15) is 30.1 Å². The fourth-order valence-electron chi connectivity index (χ4n) is 2.51. The van der Waals surface area contributed by atoms with E-state index in [0.29, 0.717) is 19.4 Å². The Morgan fingerprint density at radius 3 is 2.80 bits per heavy atom. The number of benzene rings is 1. The standard InChI is InChI=1S/C14H18F2N2O2/c1-9-8-10(17)6-7-18(9)13(19)11-4-2-3-5-12(11)20-14(15)16/h2-5,9-10,14H,6-8,17H2,1H3. The number of nitrogens with two attached hydrogens (primary N) is 1. The van der Waals surface area contributed by atoms with Crippen molar-refractivity contribution in [1.29, 1.82) is 0 Å². The number of nitrogens with zero attached hydrogens (tertiary/aromatic N) is 1. The number of carbonyl (C=O) groups is 1. The molecule has 4 nitrogen and oxygen atoms in total. The van der Waals surface area contributed by atoms with Crippen LogP contribution in [0.3, 0.4) is 0 Å². The molecule has 20 heavy (non-hydrogen) atoms. The Kier molecular flexibility index (Phi) is 4.54. The van der Waals surface area contributed by atoms with E-state index in [1.165, 1.54) is 12.1 Å². The Morgan fingerprint density at radius 1 is 1.45 bits per heavy atom. The summed E-state index contributed by atoms with van der Waals surface area (Å²) in [6, 6.07) is 6.14. The molecule has 1 aromatic carbocycles. The molecule has 1 fully saturated rings. The molecular formula is C14H18F2N2O2. The molecule has 0 aliphatic carbocycles. The zero-order valence-corrected chi connectivity index (χ0v) is 11.3. The lowest BCUT2D eigenvalue weighted by Crippen LogP contribution is -2.48. The number of para-hydroxylation sites is 1. The minimum absolute atomic E-state index is 0.00847. The summed E-state index contributed by atoms with van der Waals surface area (Å²) in [5.41, 5.74) is 6.02. The van der Waals surface area contributed by atoms with Crippen molar-refractivity contribution in [2.24, 2.45) is 5.73 Å². The highest BCUT2D eigenvalue weighted by Gasteiger charge is 2.29. The second-order valence-electron chi connectivity index (χ2n) is 5.01. The van der Waals surface area contributed by atoms with Crippen molar-refractivity contribution in [1.82, 2.24) is 4.90 Å². The van der Waals surface area contributed by atoms with Crippen molar-refractivity contribution in [2.75, 3.05) is 6.54 Å². The third kappa shape index (κ3) is 3.25. The molecule has 1 aliphatic heterocycles. The molecule has 2 atom stereocenters. The molecule has 0 radical (unpaired) electrons. The first-order chi connectivity index (χ1) is 9.49. The zero-order valence-electron chi connectivity index (χ0n) is 11.3. The van der Waals surface area contributed by atoms with Gasteiger partial charge in [-0.15, -0.1) is 0 Å². The van der Waals surface area contributed by atoms with E-state index in [1.54, 1.807) is 17.0 Å². The van der Waals surface area contributed by atoms with Gasteiger partial charge in [-0.05, 0) is 31.9 Å². The monoisotopic (exact) mass is 284 g/mol. The maximum atomic E-state index is 12.5. The van der Waals surface area contributed by atoms with Crippen molar-refractivity contribution >= 4 is 5.91 Å². The van der Waals surface area contributed by atoms with E-state index in [-0.39, 0.29) is 29.3 Å². The van der Waals surface area contributed by atoms with E-state index in [4.69, 9.17) is 5.73 Å². The van der Waals surface area contributed by atoms with E-state index >= 15 is 0 Å². The third-order valence-electron chi connectivity index (χ3n) is 3.51. The third-order valence-corrected chi connectivity index (χ3v) is 3.51. The van der Waals surface area contributed by atoms with Gasteiger partial charge in [0.2, 0.25) is 0 Å². The Hall–Kier alpha value is -1.69. The fraction of sp³-hybridized carbons (Fsp3) is 0.500. The fourth-order valence-corrected chi connectivity index (χ4v) is 2.51. The molecule has 0 saturated carbocycles. The maximum Gasteiger partial charge on any atom is 0.387 e. The van der Waals surface area contributed by atoms with Crippen LogP contribution in [0.15, 0.2) is 24.3 Å². The highest BCUT2D eigenvalue weighted by atomic mass is 19.3. The molecular weight excluding hydrogens is 266 g/mol. The van der Waals surface area contributed by atoms with Crippen molar-refractivity contribution in [2.45, 2.75) is 38.5 Å². The average molecular weight is 284 g/mol. The van der Waals surface area contributed by atoms with Crippen molar-refractivity contribution < 1.29 is 18.3 Å². The molecule has 1 heterocycles. The summed E-state index contributed by atoms with van der Waals surface area (Å²) in [6.07, 6.45) is 1.43. The first-order valence-corrected chi connectivity index (χ1v) is 6.59. The zero-order chi connectivity index (χ0) is 14.7. The van der Waals surface area contributed by atoms with Gasteiger partial charge < -0.3 is 15.4 Å². The Morgan fingerprint density at radius 2 is 2.15 bits per heavy atom. The van der Waals surface area contributed by atoms with Crippen molar-refractivity contribution in [3.63, 3.8) is 0 Å². The highest BCUT2D eigenvalue weighted by molar-refractivity contribution is 5.97. The molecule has 1 saturated heterocycles. The van der Waals surface area contributed by atoms with Gasteiger partial charge >= 0.3 is 6.61 Å². The lowest BCUT2D eigenvalue weighted by molar-refractivity contribution is -0.0503. The van der Waals surface area contributed by atoms with Gasteiger partial charge in [-0.25, -0.2) is 0 Å². The number of carbonyl (C=O) groups excluding carboxylic acids is 1. The van der Waals surface area contributed by atoms with Crippen LogP contribution in [0, 0.1) is 0 Å². The number of hydrogen-bond acceptors (Lipinski definition) is 3. The number of alkyl halides is 2. The molecule has 1 aromatic rings. The van der Waals surface area contributed by atoms with E-state index in [9.17, 15) is 13.6 Å². The number of hydrogen-bond donors (Lipinski definition) is 1. The summed E-state index contributed by atoms with van der Waals surface area (Å²) >= 11 is 0. The topological polar surface area (TPSA) is 55.6 Å². The Labute approximate surface area is 116 Å². The summed E-state index contributed by atoms with van der Waals surface area (Å²) in [7, 11) is 0. The molecule has 1 amide bonds. The normalized spacial score (nSPS) is 22.9. The van der Waals surface area contributed by atoms with Crippen LogP contribution in [0.4, 0.5) is 8.78 Å². The molecule has 0 aromatic heterocycles. The highest BCUT2D eigenvalue weighted by Crippen LogP contribution is 2.25. The van der Waals surface area contributed by atoms with Crippen LogP contribution < -0.4 is 10.5 Å². The minimum Gasteiger partial charge on any atom is -0.434 e. The smallest absolute Gasteiger partial charge is 0.387 e. The lowest BCUT2D eigenvalue weighted by atomic mass is 9.98. The summed E-state index contributed by atoms with van der Waals surface area (Å²) in [5.74, 6) is -0.379. The van der Waals surface area contributed by atoms with Crippen molar-refractivity contribution in [3.05, 3.63) is 29.8 Å². The van der Waals surface area contributed by atoms with Gasteiger partial charge in [0.15, 0.2) is 0 Å². The van der Waals surface area contributed by atoms with E-state index in [1.807, 2.05) is 6.92 Å². The van der Waals surface area contributed by atoms with Gasteiger partial charge in [0.05, 0.1) is 5.56 Å². The average Bonchev–Trinajstić information content (AvgIpc) is 2.38.